The van der Waals surface area contributed by atoms with Crippen LogP contribution in [0.3, 0.4) is 0 Å². The van der Waals surface area contributed by atoms with Gasteiger partial charge in [0.25, 0.3) is 0 Å². The van der Waals surface area contributed by atoms with Gasteiger partial charge in [0.05, 0.1) is 0 Å². The molecular formula is C24H43N. The van der Waals surface area contributed by atoms with Crippen molar-refractivity contribution in [3.05, 3.63) is 35.4 Å². The van der Waals surface area contributed by atoms with E-state index in [9.17, 15) is 0 Å². The molecule has 2 N–H and O–H groups in total. The van der Waals surface area contributed by atoms with E-state index in [1.54, 1.807) is 0 Å². The molecule has 1 rings (SSSR count). The molecule has 1 aromatic carbocycles. The molecule has 0 aliphatic rings. The van der Waals surface area contributed by atoms with Crippen molar-refractivity contribution < 1.29 is 0 Å². The molecule has 1 nitrogen and oxygen atoms in total. The Labute approximate surface area is 157 Å². The molecular weight excluding hydrogens is 302 g/mol. The van der Waals surface area contributed by atoms with Crippen LogP contribution in [0, 0.1) is 0 Å². The minimum absolute atomic E-state index is 0.148. The Balaban J connectivity index is 1.84. The summed E-state index contributed by atoms with van der Waals surface area (Å²) in [7, 11) is 0. The van der Waals surface area contributed by atoms with Crippen LogP contribution in [0.4, 0.5) is 0 Å². The molecule has 0 bridgehead atoms. The summed E-state index contributed by atoms with van der Waals surface area (Å²) in [5.74, 6) is 0. The molecule has 25 heavy (non-hydrogen) atoms. The molecule has 0 aliphatic heterocycles. The number of nitrogens with two attached hydrogens (primary N) is 1. The van der Waals surface area contributed by atoms with E-state index in [2.05, 4.69) is 31.2 Å². The van der Waals surface area contributed by atoms with Crippen molar-refractivity contribution in [2.24, 2.45) is 5.73 Å². The Kier molecular flexibility index (Phi) is 13.7. The van der Waals surface area contributed by atoms with Gasteiger partial charge < -0.3 is 5.73 Å². The van der Waals surface area contributed by atoms with Crippen LogP contribution in [0.2, 0.25) is 0 Å². The van der Waals surface area contributed by atoms with Gasteiger partial charge in [-0.15, -0.1) is 0 Å². The maximum atomic E-state index is 5.89. The molecule has 1 aromatic rings. The van der Waals surface area contributed by atoms with Gasteiger partial charge in [0.2, 0.25) is 0 Å². The van der Waals surface area contributed by atoms with Crippen molar-refractivity contribution in [2.75, 3.05) is 0 Å². The van der Waals surface area contributed by atoms with Crippen molar-refractivity contribution in [2.45, 2.75) is 116 Å². The lowest BCUT2D eigenvalue weighted by molar-refractivity contribution is 0.535. The second-order valence-electron chi connectivity index (χ2n) is 7.88. The van der Waals surface area contributed by atoms with E-state index in [4.69, 9.17) is 5.73 Å². The molecule has 0 saturated heterocycles. The molecule has 1 atom stereocenters. The average molecular weight is 346 g/mol. The van der Waals surface area contributed by atoms with Crippen molar-refractivity contribution >= 4 is 0 Å². The van der Waals surface area contributed by atoms with E-state index in [1.165, 1.54) is 107 Å². The van der Waals surface area contributed by atoms with Crippen molar-refractivity contribution in [3.63, 3.8) is 0 Å². The molecule has 0 fully saturated rings. The molecule has 0 amide bonds. The third kappa shape index (κ3) is 12.2. The number of rotatable bonds is 16. The number of hydrogen-bond acceptors (Lipinski definition) is 1. The highest BCUT2D eigenvalue weighted by atomic mass is 14.6. The van der Waals surface area contributed by atoms with E-state index >= 15 is 0 Å². The summed E-state index contributed by atoms with van der Waals surface area (Å²) in [5.41, 5.74) is 8.60. The van der Waals surface area contributed by atoms with Crippen LogP contribution >= 0.6 is 0 Å². The second-order valence-corrected chi connectivity index (χ2v) is 7.88. The van der Waals surface area contributed by atoms with Gasteiger partial charge in [-0.2, -0.15) is 0 Å². The molecule has 0 saturated carbocycles. The number of aryl methyl sites for hydroxylation is 1. The second kappa shape index (κ2) is 15.4. The summed E-state index contributed by atoms with van der Waals surface area (Å²) >= 11 is 0. The summed E-state index contributed by atoms with van der Waals surface area (Å²) < 4.78 is 0. The minimum atomic E-state index is 0.148. The van der Waals surface area contributed by atoms with E-state index < -0.39 is 0 Å². The van der Waals surface area contributed by atoms with Gasteiger partial charge in [-0.25, -0.2) is 0 Å². The van der Waals surface area contributed by atoms with E-state index in [-0.39, 0.29) is 6.04 Å². The first kappa shape index (κ1) is 22.2. The zero-order chi connectivity index (χ0) is 18.2. The molecule has 0 heterocycles. The van der Waals surface area contributed by atoms with Crippen molar-refractivity contribution in [3.8, 4) is 0 Å². The summed E-state index contributed by atoms with van der Waals surface area (Å²) in [6.45, 7) is 4.34. The quantitative estimate of drug-likeness (QED) is 0.305. The Hall–Kier alpha value is -0.820. The lowest BCUT2D eigenvalue weighted by atomic mass is 10.0. The molecule has 0 radical (unpaired) electrons. The van der Waals surface area contributed by atoms with Crippen LogP contribution in [-0.4, -0.2) is 0 Å². The van der Waals surface area contributed by atoms with Gasteiger partial charge in [0.1, 0.15) is 0 Å². The first-order chi connectivity index (χ1) is 12.2. The molecule has 1 heteroatoms. The number of unbranched alkanes of at least 4 members (excludes halogenated alkanes) is 13. The van der Waals surface area contributed by atoms with Gasteiger partial charge in [-0.05, 0) is 30.9 Å². The third-order valence-corrected chi connectivity index (χ3v) is 5.32. The zero-order valence-corrected chi connectivity index (χ0v) is 17.1. The highest BCUT2D eigenvalue weighted by Crippen LogP contribution is 2.15. The van der Waals surface area contributed by atoms with Gasteiger partial charge >= 0.3 is 0 Å². The molecule has 144 valence electrons. The lowest BCUT2D eigenvalue weighted by Crippen LogP contribution is -2.04. The standard InChI is InChI=1S/C24H43N/c1-3-4-5-6-7-8-9-10-11-12-13-14-15-16-17-23-18-20-24(21-19-23)22(2)25/h18-22H,3-17,25H2,1-2H3. The predicted octanol–water partition coefficient (Wildman–Crippen LogP) is 7.73. The lowest BCUT2D eigenvalue weighted by Gasteiger charge is -2.07. The predicted molar refractivity (Wildman–Crippen MR) is 113 cm³/mol. The van der Waals surface area contributed by atoms with Crippen LogP contribution in [-0.2, 0) is 6.42 Å². The minimum Gasteiger partial charge on any atom is -0.324 e. The van der Waals surface area contributed by atoms with E-state index in [0.717, 1.165) is 0 Å². The topological polar surface area (TPSA) is 26.0 Å². The monoisotopic (exact) mass is 345 g/mol. The SMILES string of the molecule is CCCCCCCCCCCCCCCCc1ccc(C(C)N)cc1. The first-order valence-electron chi connectivity index (χ1n) is 11.1. The van der Waals surface area contributed by atoms with Crippen LogP contribution in [0.15, 0.2) is 24.3 Å². The van der Waals surface area contributed by atoms with Crippen LogP contribution in [0.5, 0.6) is 0 Å². The Morgan fingerprint density at radius 2 is 1.04 bits per heavy atom. The van der Waals surface area contributed by atoms with E-state index in [1.807, 2.05) is 6.92 Å². The number of hydrogen-bond donors (Lipinski definition) is 1. The van der Waals surface area contributed by atoms with Crippen LogP contribution in [0.1, 0.15) is 121 Å². The maximum absolute atomic E-state index is 5.89. The summed E-state index contributed by atoms with van der Waals surface area (Å²) in [6.07, 6.45) is 21.2. The largest absolute Gasteiger partial charge is 0.324 e. The summed E-state index contributed by atoms with van der Waals surface area (Å²) in [6, 6.07) is 9.02. The summed E-state index contributed by atoms with van der Waals surface area (Å²) in [5, 5.41) is 0. The van der Waals surface area contributed by atoms with Gasteiger partial charge in [-0.1, -0.05) is 115 Å². The fourth-order valence-electron chi connectivity index (χ4n) is 3.51. The molecule has 0 aromatic heterocycles. The Morgan fingerprint density at radius 1 is 0.640 bits per heavy atom. The fourth-order valence-corrected chi connectivity index (χ4v) is 3.51. The van der Waals surface area contributed by atoms with Gasteiger partial charge in [-0.3, -0.25) is 0 Å². The average Bonchev–Trinajstić information content (AvgIpc) is 2.62. The van der Waals surface area contributed by atoms with Crippen molar-refractivity contribution in [1.29, 1.82) is 0 Å². The molecule has 1 unspecified atom stereocenters. The van der Waals surface area contributed by atoms with Crippen LogP contribution < -0.4 is 5.73 Å². The Bertz CT molecular complexity index is 393. The Morgan fingerprint density at radius 3 is 1.44 bits per heavy atom. The van der Waals surface area contributed by atoms with Crippen molar-refractivity contribution in [1.82, 2.24) is 0 Å². The number of benzene rings is 1. The first-order valence-corrected chi connectivity index (χ1v) is 11.1. The zero-order valence-electron chi connectivity index (χ0n) is 17.1. The normalized spacial score (nSPS) is 12.4. The third-order valence-electron chi connectivity index (χ3n) is 5.32. The summed E-state index contributed by atoms with van der Waals surface area (Å²) in [4.78, 5) is 0. The molecule has 0 aliphatic carbocycles. The van der Waals surface area contributed by atoms with Gasteiger partial charge in [0, 0.05) is 6.04 Å². The smallest absolute Gasteiger partial charge is 0.0266 e. The van der Waals surface area contributed by atoms with Crippen LogP contribution in [0.25, 0.3) is 0 Å². The van der Waals surface area contributed by atoms with Gasteiger partial charge in [0.15, 0.2) is 0 Å². The molecule has 0 spiro atoms. The fraction of sp³-hybridized carbons (Fsp3) is 0.750. The highest BCUT2D eigenvalue weighted by Gasteiger charge is 1.99. The highest BCUT2D eigenvalue weighted by molar-refractivity contribution is 5.24. The van der Waals surface area contributed by atoms with E-state index in [0.29, 0.717) is 0 Å². The maximum Gasteiger partial charge on any atom is 0.0266 e.